The maximum atomic E-state index is 6.34. The third kappa shape index (κ3) is 3.27. The van der Waals surface area contributed by atoms with Crippen LogP contribution < -0.4 is 5.73 Å². The summed E-state index contributed by atoms with van der Waals surface area (Å²) >= 11 is 11.4. The van der Waals surface area contributed by atoms with Crippen LogP contribution in [0.3, 0.4) is 0 Å². The van der Waals surface area contributed by atoms with Gasteiger partial charge in [-0.15, -0.1) is 0 Å². The third-order valence-corrected chi connectivity index (χ3v) is 4.64. The van der Waals surface area contributed by atoms with E-state index in [-0.39, 0.29) is 0 Å². The van der Waals surface area contributed by atoms with Gasteiger partial charge in [0, 0.05) is 19.0 Å². The van der Waals surface area contributed by atoms with Crippen LogP contribution in [0.2, 0.25) is 5.02 Å². The average Bonchev–Trinajstić information content (AvgIpc) is 2.67. The Bertz CT molecular complexity index is 463. The lowest BCUT2D eigenvalue weighted by Gasteiger charge is -2.31. The van der Waals surface area contributed by atoms with Crippen molar-refractivity contribution in [1.82, 2.24) is 14.7 Å². The van der Waals surface area contributed by atoms with E-state index < -0.39 is 0 Å². The van der Waals surface area contributed by atoms with Crippen molar-refractivity contribution < 1.29 is 0 Å². The first-order valence-corrected chi connectivity index (χ1v) is 7.55. The summed E-state index contributed by atoms with van der Waals surface area (Å²) in [7, 11) is 0. The molecule has 2 rings (SSSR count). The van der Waals surface area contributed by atoms with E-state index in [0.717, 1.165) is 55.4 Å². The Kier molecular flexibility index (Phi) is 4.81. The summed E-state index contributed by atoms with van der Waals surface area (Å²) in [6, 6.07) is 0. The molecule has 2 N–H and O–H groups in total. The van der Waals surface area contributed by atoms with Crippen molar-refractivity contribution in [2.75, 3.05) is 13.1 Å². The van der Waals surface area contributed by atoms with Crippen molar-refractivity contribution >= 4 is 28.8 Å². The number of thiocarbonyl (C=S) groups is 1. The van der Waals surface area contributed by atoms with Crippen LogP contribution in [-0.4, -0.2) is 32.8 Å². The Morgan fingerprint density at radius 1 is 1.47 bits per heavy atom. The van der Waals surface area contributed by atoms with Crippen molar-refractivity contribution in [3.05, 3.63) is 16.4 Å². The maximum Gasteiger partial charge on any atom is 0.0860 e. The molecule has 0 atom stereocenters. The number of piperidine rings is 1. The number of aryl methyl sites for hydroxylation is 2. The first kappa shape index (κ1) is 14.8. The van der Waals surface area contributed by atoms with E-state index in [0.29, 0.717) is 10.9 Å². The van der Waals surface area contributed by atoms with Crippen LogP contribution in [0.1, 0.15) is 31.2 Å². The maximum absolute atomic E-state index is 6.34. The molecule has 106 valence electrons. The van der Waals surface area contributed by atoms with Gasteiger partial charge in [-0.1, -0.05) is 23.8 Å². The zero-order valence-electron chi connectivity index (χ0n) is 11.5. The second kappa shape index (κ2) is 6.20. The molecule has 1 aromatic rings. The molecule has 1 aromatic heterocycles. The van der Waals surface area contributed by atoms with Crippen molar-refractivity contribution in [1.29, 1.82) is 0 Å². The molecule has 0 amide bonds. The highest BCUT2D eigenvalue weighted by Crippen LogP contribution is 2.24. The van der Waals surface area contributed by atoms with E-state index >= 15 is 0 Å². The molecule has 0 saturated carbocycles. The van der Waals surface area contributed by atoms with E-state index in [1.54, 1.807) is 0 Å². The van der Waals surface area contributed by atoms with Crippen molar-refractivity contribution in [2.24, 2.45) is 11.7 Å². The Morgan fingerprint density at radius 2 is 2.11 bits per heavy atom. The van der Waals surface area contributed by atoms with Crippen molar-refractivity contribution in [3.8, 4) is 0 Å². The minimum Gasteiger partial charge on any atom is -0.393 e. The largest absolute Gasteiger partial charge is 0.393 e. The summed E-state index contributed by atoms with van der Waals surface area (Å²) < 4.78 is 2.00. The van der Waals surface area contributed by atoms with E-state index in [9.17, 15) is 0 Å². The third-order valence-electron chi connectivity index (χ3n) is 3.82. The number of nitrogens with zero attached hydrogens (tertiary/aromatic N) is 3. The molecule has 1 aliphatic heterocycles. The van der Waals surface area contributed by atoms with Crippen LogP contribution in [-0.2, 0) is 13.1 Å². The molecule has 1 saturated heterocycles. The van der Waals surface area contributed by atoms with Gasteiger partial charge in [0.25, 0.3) is 0 Å². The molecule has 19 heavy (non-hydrogen) atoms. The molecule has 2 heterocycles. The smallest absolute Gasteiger partial charge is 0.0860 e. The van der Waals surface area contributed by atoms with Gasteiger partial charge in [-0.25, -0.2) is 0 Å². The molecule has 1 aliphatic rings. The summed E-state index contributed by atoms with van der Waals surface area (Å²) in [5, 5.41) is 5.26. The van der Waals surface area contributed by atoms with Crippen LogP contribution in [0.5, 0.6) is 0 Å². The number of nitrogens with two attached hydrogens (primary N) is 1. The predicted octanol–water partition coefficient (Wildman–Crippen LogP) is 2.36. The van der Waals surface area contributed by atoms with Gasteiger partial charge < -0.3 is 5.73 Å². The van der Waals surface area contributed by atoms with E-state index in [1.807, 2.05) is 11.6 Å². The van der Waals surface area contributed by atoms with Gasteiger partial charge in [-0.05, 0) is 39.8 Å². The first-order chi connectivity index (χ1) is 9.02. The molecule has 1 fully saturated rings. The molecule has 4 nitrogen and oxygen atoms in total. The molecule has 0 aliphatic carbocycles. The van der Waals surface area contributed by atoms with Crippen LogP contribution in [0.4, 0.5) is 0 Å². The Labute approximate surface area is 124 Å². The molecule has 0 bridgehead atoms. The van der Waals surface area contributed by atoms with E-state index in [4.69, 9.17) is 29.6 Å². The Hall–Kier alpha value is -0.650. The van der Waals surface area contributed by atoms with Crippen LogP contribution in [0.15, 0.2) is 0 Å². The first-order valence-electron chi connectivity index (χ1n) is 6.76. The van der Waals surface area contributed by atoms with Gasteiger partial charge >= 0.3 is 0 Å². The molecular weight excluding hydrogens is 280 g/mol. The van der Waals surface area contributed by atoms with Gasteiger partial charge in [0.05, 0.1) is 21.4 Å². The summed E-state index contributed by atoms with van der Waals surface area (Å²) in [5.41, 5.74) is 7.75. The fourth-order valence-corrected chi connectivity index (χ4v) is 3.04. The van der Waals surface area contributed by atoms with Crippen LogP contribution >= 0.6 is 23.8 Å². The quantitative estimate of drug-likeness (QED) is 0.867. The second-order valence-corrected chi connectivity index (χ2v) is 5.96. The topological polar surface area (TPSA) is 47.1 Å². The highest BCUT2D eigenvalue weighted by molar-refractivity contribution is 7.80. The van der Waals surface area contributed by atoms with Gasteiger partial charge in [0.1, 0.15) is 0 Å². The summed E-state index contributed by atoms with van der Waals surface area (Å²) in [4.78, 5) is 3.07. The lowest BCUT2D eigenvalue weighted by molar-refractivity contribution is 0.197. The number of rotatable bonds is 4. The molecule has 0 spiro atoms. The standard InChI is InChI=1S/C13H21ClN4S/c1-3-18-11(12(14)9(2)16-18)8-17-6-4-10(5-7-17)13(15)19/h10H,3-8H2,1-2H3,(H2,15,19). The lowest BCUT2D eigenvalue weighted by Crippen LogP contribution is -2.37. The average molecular weight is 301 g/mol. The summed E-state index contributed by atoms with van der Waals surface area (Å²) in [6.45, 7) is 7.80. The monoisotopic (exact) mass is 300 g/mol. The molecule has 6 heteroatoms. The van der Waals surface area contributed by atoms with Crippen LogP contribution in [0.25, 0.3) is 0 Å². The van der Waals surface area contributed by atoms with E-state index in [2.05, 4.69) is 16.9 Å². The van der Waals surface area contributed by atoms with Gasteiger partial charge in [0.2, 0.25) is 0 Å². The number of halogens is 1. The fourth-order valence-electron chi connectivity index (χ4n) is 2.61. The normalized spacial score (nSPS) is 17.8. The minimum atomic E-state index is 0.402. The molecule has 0 radical (unpaired) electrons. The number of hydrogen-bond donors (Lipinski definition) is 1. The minimum absolute atomic E-state index is 0.402. The van der Waals surface area contributed by atoms with Crippen molar-refractivity contribution in [3.63, 3.8) is 0 Å². The highest BCUT2D eigenvalue weighted by atomic mass is 35.5. The molecule has 0 unspecified atom stereocenters. The SMILES string of the molecule is CCn1nc(C)c(Cl)c1CN1CCC(C(N)=S)CC1. The Balaban J connectivity index is 2.01. The molecule has 0 aromatic carbocycles. The lowest BCUT2D eigenvalue weighted by atomic mass is 9.97. The van der Waals surface area contributed by atoms with E-state index in [1.165, 1.54) is 0 Å². The number of aromatic nitrogens is 2. The zero-order valence-corrected chi connectivity index (χ0v) is 13.1. The van der Waals surface area contributed by atoms with Gasteiger partial charge in [0.15, 0.2) is 0 Å². The second-order valence-electron chi connectivity index (χ2n) is 5.11. The highest BCUT2D eigenvalue weighted by Gasteiger charge is 2.23. The fraction of sp³-hybridized carbons (Fsp3) is 0.692. The zero-order chi connectivity index (χ0) is 14.0. The summed E-state index contributed by atoms with van der Waals surface area (Å²) in [5.74, 6) is 0.402. The Morgan fingerprint density at radius 3 is 2.63 bits per heavy atom. The van der Waals surface area contributed by atoms with Gasteiger partial charge in [-0.3, -0.25) is 9.58 Å². The van der Waals surface area contributed by atoms with Crippen molar-refractivity contribution in [2.45, 2.75) is 39.8 Å². The number of hydrogen-bond acceptors (Lipinski definition) is 3. The predicted molar refractivity (Wildman–Crippen MR) is 82.4 cm³/mol. The molecular formula is C13H21ClN4S. The summed E-state index contributed by atoms with van der Waals surface area (Å²) in [6.07, 6.45) is 2.10. The van der Waals surface area contributed by atoms with Gasteiger partial charge in [-0.2, -0.15) is 5.10 Å². The number of likely N-dealkylation sites (tertiary alicyclic amines) is 1. The van der Waals surface area contributed by atoms with Crippen LogP contribution in [0, 0.1) is 12.8 Å².